The largest absolute Gasteiger partial charge is 0.481 e. The predicted molar refractivity (Wildman–Crippen MR) is 86.9 cm³/mol. The first-order chi connectivity index (χ1) is 10.1. The maximum Gasteiger partial charge on any atom is 0.312 e. The Balaban J connectivity index is 1.74. The van der Waals surface area contributed by atoms with Crippen molar-refractivity contribution in [3.05, 3.63) is 44.9 Å². The van der Waals surface area contributed by atoms with Crippen LogP contribution in [0.2, 0.25) is 0 Å². The van der Waals surface area contributed by atoms with Crippen LogP contribution in [0.15, 0.2) is 28.7 Å². The summed E-state index contributed by atoms with van der Waals surface area (Å²) in [6.07, 6.45) is 2.56. The molecule has 1 aromatic heterocycles. The van der Waals surface area contributed by atoms with E-state index in [0.717, 1.165) is 38.6 Å². The number of thiazole rings is 1. The first-order valence-corrected chi connectivity index (χ1v) is 8.45. The van der Waals surface area contributed by atoms with E-state index < -0.39 is 11.9 Å². The maximum absolute atomic E-state index is 11.3. The summed E-state index contributed by atoms with van der Waals surface area (Å²) in [7, 11) is 0. The number of carboxylic acid groups (broad SMARTS) is 1. The van der Waals surface area contributed by atoms with E-state index in [4.69, 9.17) is 0 Å². The molecule has 0 bridgehead atoms. The Bertz CT molecular complexity index is 671. The van der Waals surface area contributed by atoms with Crippen molar-refractivity contribution in [3.63, 3.8) is 0 Å². The van der Waals surface area contributed by atoms with Crippen molar-refractivity contribution < 1.29 is 9.90 Å². The lowest BCUT2D eigenvalue weighted by molar-refractivity contribution is -0.139. The number of hydrogen-bond donors (Lipinski definition) is 2. The Morgan fingerprint density at radius 3 is 3.14 bits per heavy atom. The molecule has 0 radical (unpaired) electrons. The van der Waals surface area contributed by atoms with Gasteiger partial charge in [-0.25, -0.2) is 4.98 Å². The maximum atomic E-state index is 11.3. The normalized spacial score (nSPS) is 17.3. The van der Waals surface area contributed by atoms with Crippen LogP contribution in [0, 0.1) is 0 Å². The van der Waals surface area contributed by atoms with Crippen LogP contribution in [0.25, 0.3) is 0 Å². The van der Waals surface area contributed by atoms with Crippen LogP contribution in [0.3, 0.4) is 0 Å². The Morgan fingerprint density at radius 1 is 1.52 bits per heavy atom. The molecule has 0 saturated heterocycles. The first kappa shape index (κ1) is 14.5. The second-order valence-corrected chi connectivity index (χ2v) is 7.09. The number of benzene rings is 1. The van der Waals surface area contributed by atoms with E-state index in [2.05, 4.69) is 32.3 Å². The van der Waals surface area contributed by atoms with Crippen LogP contribution in [-0.4, -0.2) is 16.1 Å². The number of rotatable bonds is 4. The minimum Gasteiger partial charge on any atom is -0.481 e. The van der Waals surface area contributed by atoms with Gasteiger partial charge in [0.25, 0.3) is 0 Å². The first-order valence-electron chi connectivity index (χ1n) is 6.84. The average Bonchev–Trinajstić information content (AvgIpc) is 2.87. The molecule has 1 atom stereocenters. The number of anilines is 1. The zero-order valence-corrected chi connectivity index (χ0v) is 13.7. The Hall–Kier alpha value is -1.40. The molecule has 1 aliphatic rings. The van der Waals surface area contributed by atoms with E-state index in [1.54, 1.807) is 11.3 Å². The Kier molecular flexibility index (Phi) is 4.26. The smallest absolute Gasteiger partial charge is 0.312 e. The highest BCUT2D eigenvalue weighted by Gasteiger charge is 2.29. The van der Waals surface area contributed by atoms with E-state index in [-0.39, 0.29) is 0 Å². The topological polar surface area (TPSA) is 62.2 Å². The minimum atomic E-state index is -0.764. The lowest BCUT2D eigenvalue weighted by Crippen LogP contribution is -2.17. The summed E-state index contributed by atoms with van der Waals surface area (Å²) in [6, 6.07) is 8.09. The summed E-state index contributed by atoms with van der Waals surface area (Å²) in [5.41, 5.74) is 1.92. The number of carboxylic acids is 1. The number of hydrogen-bond acceptors (Lipinski definition) is 4. The van der Waals surface area contributed by atoms with E-state index in [1.165, 1.54) is 0 Å². The van der Waals surface area contributed by atoms with Crippen molar-refractivity contribution >= 4 is 38.4 Å². The van der Waals surface area contributed by atoms with Gasteiger partial charge in [0.2, 0.25) is 0 Å². The van der Waals surface area contributed by atoms with Crippen LogP contribution in [0.4, 0.5) is 5.13 Å². The van der Waals surface area contributed by atoms with Gasteiger partial charge in [0.1, 0.15) is 5.92 Å². The standard InChI is InChI=1S/C15H15BrN2O2S/c16-10-4-1-3-9(7-10)8-17-15-18-13-11(14(19)20)5-2-6-12(13)21-15/h1,3-4,7,11H,2,5-6,8H2,(H,17,18)(H,19,20). The molecule has 3 rings (SSSR count). The summed E-state index contributed by atoms with van der Waals surface area (Å²) < 4.78 is 1.05. The molecule has 1 aliphatic carbocycles. The Labute approximate surface area is 135 Å². The third-order valence-corrected chi connectivity index (χ3v) is 5.17. The molecule has 1 unspecified atom stereocenters. The van der Waals surface area contributed by atoms with Gasteiger partial charge in [0, 0.05) is 15.9 Å². The SMILES string of the molecule is O=C(O)C1CCCc2sc(NCc3cccc(Br)c3)nc21. The zero-order valence-electron chi connectivity index (χ0n) is 11.3. The molecule has 4 nitrogen and oxygen atoms in total. The molecule has 110 valence electrons. The fourth-order valence-corrected chi connectivity index (χ4v) is 4.07. The third-order valence-electron chi connectivity index (χ3n) is 3.59. The predicted octanol–water partition coefficient (Wildman–Crippen LogP) is 4.02. The van der Waals surface area contributed by atoms with Crippen molar-refractivity contribution in [1.82, 2.24) is 4.98 Å². The molecule has 0 saturated carbocycles. The highest BCUT2D eigenvalue weighted by Crippen LogP contribution is 2.36. The van der Waals surface area contributed by atoms with Gasteiger partial charge in [-0.2, -0.15) is 0 Å². The number of aromatic nitrogens is 1. The van der Waals surface area contributed by atoms with Gasteiger partial charge in [-0.05, 0) is 37.0 Å². The van der Waals surface area contributed by atoms with Gasteiger partial charge < -0.3 is 10.4 Å². The summed E-state index contributed by atoms with van der Waals surface area (Å²) in [4.78, 5) is 16.9. The van der Waals surface area contributed by atoms with Gasteiger partial charge >= 0.3 is 5.97 Å². The van der Waals surface area contributed by atoms with Crippen molar-refractivity contribution in [1.29, 1.82) is 0 Å². The molecular weight excluding hydrogens is 352 g/mol. The van der Waals surface area contributed by atoms with E-state index in [9.17, 15) is 9.90 Å². The summed E-state index contributed by atoms with van der Waals surface area (Å²) >= 11 is 5.04. The molecule has 2 aromatic rings. The number of nitrogens with zero attached hydrogens (tertiary/aromatic N) is 1. The van der Waals surface area contributed by atoms with Crippen LogP contribution in [-0.2, 0) is 17.8 Å². The number of aliphatic carboxylic acids is 1. The second kappa shape index (κ2) is 6.15. The average molecular weight is 367 g/mol. The quantitative estimate of drug-likeness (QED) is 0.857. The highest BCUT2D eigenvalue weighted by molar-refractivity contribution is 9.10. The number of carbonyl (C=O) groups is 1. The summed E-state index contributed by atoms with van der Waals surface area (Å²) in [5.74, 6) is -1.20. The van der Waals surface area contributed by atoms with Crippen molar-refractivity contribution in [2.45, 2.75) is 31.7 Å². The molecule has 0 amide bonds. The van der Waals surface area contributed by atoms with E-state index >= 15 is 0 Å². The molecule has 0 spiro atoms. The number of aryl methyl sites for hydroxylation is 1. The van der Waals surface area contributed by atoms with Crippen LogP contribution < -0.4 is 5.32 Å². The van der Waals surface area contributed by atoms with E-state index in [1.807, 2.05) is 18.2 Å². The fourth-order valence-electron chi connectivity index (χ4n) is 2.56. The number of halogens is 1. The molecule has 1 aromatic carbocycles. The molecule has 2 N–H and O–H groups in total. The number of nitrogens with one attached hydrogen (secondary N) is 1. The third kappa shape index (κ3) is 3.27. The molecule has 6 heteroatoms. The number of fused-ring (bicyclic) bond motifs is 1. The molecular formula is C15H15BrN2O2S. The lowest BCUT2D eigenvalue weighted by atomic mass is 9.91. The van der Waals surface area contributed by atoms with Gasteiger partial charge in [0.05, 0.1) is 5.69 Å². The van der Waals surface area contributed by atoms with Crippen molar-refractivity contribution in [2.75, 3.05) is 5.32 Å². The van der Waals surface area contributed by atoms with Gasteiger partial charge in [-0.15, -0.1) is 11.3 Å². The lowest BCUT2D eigenvalue weighted by Gasteiger charge is -2.16. The fraction of sp³-hybridized carbons (Fsp3) is 0.333. The molecule has 21 heavy (non-hydrogen) atoms. The van der Waals surface area contributed by atoms with Crippen molar-refractivity contribution in [3.8, 4) is 0 Å². The van der Waals surface area contributed by atoms with E-state index in [0.29, 0.717) is 13.0 Å². The summed E-state index contributed by atoms with van der Waals surface area (Å²) in [5, 5.41) is 13.4. The van der Waals surface area contributed by atoms with Gasteiger partial charge in [0.15, 0.2) is 5.13 Å². The molecule has 0 fully saturated rings. The molecule has 1 heterocycles. The van der Waals surface area contributed by atoms with Crippen LogP contribution in [0.1, 0.15) is 34.9 Å². The molecule has 0 aliphatic heterocycles. The minimum absolute atomic E-state index is 0.439. The monoisotopic (exact) mass is 366 g/mol. The van der Waals surface area contributed by atoms with Crippen molar-refractivity contribution in [2.24, 2.45) is 0 Å². The zero-order chi connectivity index (χ0) is 14.8. The summed E-state index contributed by atoms with van der Waals surface area (Å²) in [6.45, 7) is 0.684. The second-order valence-electron chi connectivity index (χ2n) is 5.09. The van der Waals surface area contributed by atoms with Gasteiger partial charge in [-0.1, -0.05) is 28.1 Å². The van der Waals surface area contributed by atoms with Crippen LogP contribution in [0.5, 0.6) is 0 Å². The van der Waals surface area contributed by atoms with Crippen LogP contribution >= 0.6 is 27.3 Å². The highest BCUT2D eigenvalue weighted by atomic mass is 79.9. The Morgan fingerprint density at radius 2 is 2.38 bits per heavy atom. The van der Waals surface area contributed by atoms with Gasteiger partial charge in [-0.3, -0.25) is 4.79 Å².